The Hall–Kier alpha value is -3.08. The Kier molecular flexibility index (Phi) is 5.88. The number of nitrogens with zero attached hydrogens (tertiary/aromatic N) is 1. The minimum absolute atomic E-state index is 0.372. The summed E-state index contributed by atoms with van der Waals surface area (Å²) in [7, 11) is 0. The predicted octanol–water partition coefficient (Wildman–Crippen LogP) is 4.62. The number of ketones is 1. The molecule has 30 heavy (non-hydrogen) atoms. The maximum Gasteiger partial charge on any atom is 0.289 e. The molecule has 0 bridgehead atoms. The highest BCUT2D eigenvalue weighted by atomic mass is 16.5. The van der Waals surface area contributed by atoms with Crippen LogP contribution in [0.1, 0.15) is 59.3 Å². The molecule has 0 saturated heterocycles. The van der Waals surface area contributed by atoms with Gasteiger partial charge >= 0.3 is 0 Å². The molecule has 1 fully saturated rings. The number of benzene rings is 1. The van der Waals surface area contributed by atoms with Crippen LogP contribution in [-0.2, 0) is 17.8 Å². The Labute approximate surface area is 176 Å². The van der Waals surface area contributed by atoms with Crippen LogP contribution in [0.3, 0.4) is 0 Å². The van der Waals surface area contributed by atoms with Crippen molar-refractivity contribution in [2.75, 3.05) is 0 Å². The van der Waals surface area contributed by atoms with Crippen molar-refractivity contribution < 1.29 is 14.3 Å². The normalized spacial score (nSPS) is 14.7. The predicted molar refractivity (Wildman–Crippen MR) is 117 cm³/mol. The molecule has 0 unspecified atom stereocenters. The molecule has 2 aromatic heterocycles. The van der Waals surface area contributed by atoms with Crippen LogP contribution in [0.5, 0.6) is 5.75 Å². The second kappa shape index (κ2) is 8.74. The number of rotatable bonds is 7. The van der Waals surface area contributed by atoms with Crippen LogP contribution in [0.25, 0.3) is 5.52 Å². The Morgan fingerprint density at radius 2 is 1.80 bits per heavy atom. The van der Waals surface area contributed by atoms with E-state index in [0.29, 0.717) is 29.4 Å². The molecule has 0 aliphatic heterocycles. The number of carbonyl (C=O) groups excluding carboxylic acids is 2. The molecule has 0 atom stereocenters. The lowest BCUT2D eigenvalue weighted by Gasteiger charge is -2.22. The summed E-state index contributed by atoms with van der Waals surface area (Å²) in [6.07, 6.45) is 9.06. The van der Waals surface area contributed by atoms with Gasteiger partial charge in [0.05, 0.1) is 11.1 Å². The van der Waals surface area contributed by atoms with E-state index in [-0.39, 0.29) is 0 Å². The minimum atomic E-state index is -0.937. The highest BCUT2D eigenvalue weighted by Crippen LogP contribution is 2.35. The number of amides is 1. The zero-order valence-corrected chi connectivity index (χ0v) is 17.4. The third-order valence-corrected chi connectivity index (χ3v) is 6.19. The summed E-state index contributed by atoms with van der Waals surface area (Å²) >= 11 is 0. The standard InChI is InChI=1S/C25H28N2O3/c1-17-20(15-18-9-4-2-5-10-18)27-14-8-13-21(23(27)22(17)24(28)25(26)29)30-16-19-11-6-3-7-12-19/h3,6-8,11-14,18H,2,4-5,9-10,15-16H2,1H3,(H2,26,29). The number of nitrogens with two attached hydrogens (primary N) is 1. The fourth-order valence-electron chi connectivity index (χ4n) is 4.63. The number of primary amides is 1. The summed E-state index contributed by atoms with van der Waals surface area (Å²) in [5, 5.41) is 0. The van der Waals surface area contributed by atoms with Crippen molar-refractivity contribution in [3.8, 4) is 5.75 Å². The van der Waals surface area contributed by atoms with Gasteiger partial charge in [-0.05, 0) is 42.5 Å². The van der Waals surface area contributed by atoms with E-state index in [9.17, 15) is 9.59 Å². The van der Waals surface area contributed by atoms with Crippen LogP contribution in [0.15, 0.2) is 48.7 Å². The van der Waals surface area contributed by atoms with Gasteiger partial charge in [0.2, 0.25) is 0 Å². The zero-order chi connectivity index (χ0) is 21.1. The van der Waals surface area contributed by atoms with E-state index in [4.69, 9.17) is 10.5 Å². The van der Waals surface area contributed by atoms with Gasteiger partial charge in [0, 0.05) is 11.9 Å². The van der Waals surface area contributed by atoms with Gasteiger partial charge < -0.3 is 14.9 Å². The smallest absolute Gasteiger partial charge is 0.289 e. The molecule has 1 amide bonds. The summed E-state index contributed by atoms with van der Waals surface area (Å²) in [4.78, 5) is 24.6. The summed E-state index contributed by atoms with van der Waals surface area (Å²) in [5.74, 6) is -0.409. The number of hydrogen-bond acceptors (Lipinski definition) is 3. The monoisotopic (exact) mass is 404 g/mol. The summed E-state index contributed by atoms with van der Waals surface area (Å²) in [6, 6.07) is 13.6. The molecule has 2 heterocycles. The van der Waals surface area contributed by atoms with Crippen LogP contribution in [0.2, 0.25) is 0 Å². The molecule has 156 valence electrons. The van der Waals surface area contributed by atoms with Crippen molar-refractivity contribution in [2.45, 2.75) is 52.1 Å². The minimum Gasteiger partial charge on any atom is -0.487 e. The van der Waals surface area contributed by atoms with E-state index in [1.54, 1.807) is 0 Å². The van der Waals surface area contributed by atoms with Crippen molar-refractivity contribution in [1.82, 2.24) is 4.40 Å². The van der Waals surface area contributed by atoms with E-state index in [2.05, 4.69) is 0 Å². The van der Waals surface area contributed by atoms with Crippen LogP contribution in [0.4, 0.5) is 0 Å². The molecule has 1 aliphatic carbocycles. The molecule has 5 heteroatoms. The van der Waals surface area contributed by atoms with Gasteiger partial charge in [-0.2, -0.15) is 0 Å². The second-order valence-electron chi connectivity index (χ2n) is 8.21. The van der Waals surface area contributed by atoms with E-state index < -0.39 is 11.7 Å². The topological polar surface area (TPSA) is 73.8 Å². The third-order valence-electron chi connectivity index (χ3n) is 6.19. The number of ether oxygens (including phenoxy) is 1. The van der Waals surface area contributed by atoms with Crippen molar-refractivity contribution >= 4 is 17.2 Å². The first-order valence-corrected chi connectivity index (χ1v) is 10.7. The van der Waals surface area contributed by atoms with Crippen LogP contribution in [0, 0.1) is 12.8 Å². The van der Waals surface area contributed by atoms with E-state index in [0.717, 1.165) is 23.2 Å². The number of hydrogen-bond donors (Lipinski definition) is 1. The van der Waals surface area contributed by atoms with Crippen LogP contribution < -0.4 is 10.5 Å². The fourth-order valence-corrected chi connectivity index (χ4v) is 4.63. The molecule has 1 aromatic carbocycles. The lowest BCUT2D eigenvalue weighted by atomic mass is 9.85. The summed E-state index contributed by atoms with van der Waals surface area (Å²) < 4.78 is 8.14. The van der Waals surface area contributed by atoms with Crippen LogP contribution >= 0.6 is 0 Å². The maximum absolute atomic E-state index is 12.8. The Balaban J connectivity index is 1.77. The molecule has 4 rings (SSSR count). The van der Waals surface area contributed by atoms with Gasteiger partial charge in [0.1, 0.15) is 12.4 Å². The first kappa shape index (κ1) is 20.2. The lowest BCUT2D eigenvalue weighted by Crippen LogP contribution is -2.23. The highest BCUT2D eigenvalue weighted by Gasteiger charge is 2.27. The number of aromatic nitrogens is 1. The van der Waals surface area contributed by atoms with E-state index in [1.807, 2.05) is 60.0 Å². The van der Waals surface area contributed by atoms with Crippen molar-refractivity contribution in [3.05, 3.63) is 71.0 Å². The van der Waals surface area contributed by atoms with Gasteiger partial charge in [-0.15, -0.1) is 0 Å². The molecule has 0 radical (unpaired) electrons. The molecule has 0 spiro atoms. The first-order valence-electron chi connectivity index (χ1n) is 10.7. The van der Waals surface area contributed by atoms with Gasteiger partial charge in [0.25, 0.3) is 11.7 Å². The average Bonchev–Trinajstić information content (AvgIpc) is 3.05. The average molecular weight is 405 g/mol. The van der Waals surface area contributed by atoms with Crippen molar-refractivity contribution in [3.63, 3.8) is 0 Å². The van der Waals surface area contributed by atoms with Gasteiger partial charge in [-0.25, -0.2) is 0 Å². The second-order valence-corrected chi connectivity index (χ2v) is 8.21. The number of fused-ring (bicyclic) bond motifs is 1. The summed E-state index contributed by atoms with van der Waals surface area (Å²) in [5.41, 5.74) is 9.35. The highest BCUT2D eigenvalue weighted by molar-refractivity contribution is 6.44. The lowest BCUT2D eigenvalue weighted by molar-refractivity contribution is -0.114. The molecular weight excluding hydrogens is 376 g/mol. The molecule has 3 aromatic rings. The largest absolute Gasteiger partial charge is 0.487 e. The van der Waals surface area contributed by atoms with Crippen LogP contribution in [-0.4, -0.2) is 16.1 Å². The van der Waals surface area contributed by atoms with Gasteiger partial charge in [0.15, 0.2) is 0 Å². The molecular formula is C25H28N2O3. The molecule has 5 nitrogen and oxygen atoms in total. The number of Topliss-reactive ketones (excluding diaryl/α,β-unsaturated/α-hetero) is 1. The first-order chi connectivity index (χ1) is 14.6. The Morgan fingerprint density at radius 1 is 1.07 bits per heavy atom. The third kappa shape index (κ3) is 3.97. The summed E-state index contributed by atoms with van der Waals surface area (Å²) in [6.45, 7) is 2.30. The fraction of sp³-hybridized carbons (Fsp3) is 0.360. The quantitative estimate of drug-likeness (QED) is 0.461. The molecule has 1 saturated carbocycles. The number of pyridine rings is 1. The molecule has 2 N–H and O–H groups in total. The molecule has 1 aliphatic rings. The van der Waals surface area contributed by atoms with Gasteiger partial charge in [-0.1, -0.05) is 62.4 Å². The Bertz CT molecular complexity index is 1060. The maximum atomic E-state index is 12.8. The Morgan fingerprint density at radius 3 is 2.50 bits per heavy atom. The number of carbonyl (C=O) groups is 2. The van der Waals surface area contributed by atoms with Crippen molar-refractivity contribution in [2.24, 2.45) is 11.7 Å². The van der Waals surface area contributed by atoms with Crippen molar-refractivity contribution in [1.29, 1.82) is 0 Å². The van der Waals surface area contributed by atoms with E-state index in [1.165, 1.54) is 32.1 Å². The SMILES string of the molecule is Cc1c(C(=O)C(N)=O)c2c(OCc3ccccc3)cccn2c1CC1CCCCC1. The van der Waals surface area contributed by atoms with Gasteiger partial charge in [-0.3, -0.25) is 9.59 Å². The zero-order valence-electron chi connectivity index (χ0n) is 17.4. The van der Waals surface area contributed by atoms with E-state index >= 15 is 0 Å².